The number of carboxylic acid groups (broad SMARTS) is 1. The second-order valence-electron chi connectivity index (χ2n) is 2.70. The van der Waals surface area contributed by atoms with Crippen LogP contribution in [0.5, 0.6) is 0 Å². The van der Waals surface area contributed by atoms with Gasteiger partial charge in [-0.1, -0.05) is 0 Å². The molecule has 1 aromatic heterocycles. The molecule has 0 saturated heterocycles. The number of hydrogen-bond acceptors (Lipinski definition) is 2. The maximum Gasteiger partial charge on any atom is 0.405 e. The van der Waals surface area contributed by atoms with Gasteiger partial charge in [-0.15, -0.1) is 0 Å². The van der Waals surface area contributed by atoms with Gasteiger partial charge in [-0.05, 0) is 29.5 Å². The van der Waals surface area contributed by atoms with Crippen molar-refractivity contribution in [1.82, 2.24) is 10.3 Å². The Kier molecular flexibility index (Phi) is 3.62. The fourth-order valence-corrected chi connectivity index (χ4v) is 1.86. The number of nitrogens with one attached hydrogen (secondary N) is 1. The highest BCUT2D eigenvalue weighted by atomic mass is 127. The van der Waals surface area contributed by atoms with Crippen molar-refractivity contribution in [3.05, 3.63) is 27.3 Å². The number of nitrogens with zero attached hydrogens (tertiary/aromatic N) is 1. The highest BCUT2D eigenvalue weighted by molar-refractivity contribution is 14.1. The summed E-state index contributed by atoms with van der Waals surface area (Å²) < 4.78 is 13.3. The summed E-state index contributed by atoms with van der Waals surface area (Å²) in [5, 5.41) is 10.8. The van der Waals surface area contributed by atoms with Crippen molar-refractivity contribution in [2.45, 2.75) is 13.0 Å². The van der Waals surface area contributed by atoms with Gasteiger partial charge < -0.3 is 10.4 Å². The van der Waals surface area contributed by atoms with Gasteiger partial charge in [-0.25, -0.2) is 9.78 Å². The Morgan fingerprint density at radius 3 is 2.93 bits per heavy atom. The Balaban J connectivity index is 2.90. The van der Waals surface area contributed by atoms with Gasteiger partial charge in [0.05, 0.1) is 6.04 Å². The van der Waals surface area contributed by atoms with Crippen LogP contribution in [0.2, 0.25) is 0 Å². The van der Waals surface area contributed by atoms with Gasteiger partial charge in [0.25, 0.3) is 0 Å². The normalized spacial score (nSPS) is 12.2. The Morgan fingerprint density at radius 1 is 1.79 bits per heavy atom. The van der Waals surface area contributed by atoms with Crippen molar-refractivity contribution < 1.29 is 14.3 Å². The van der Waals surface area contributed by atoms with Crippen LogP contribution in [-0.2, 0) is 0 Å². The molecule has 0 saturated carbocycles. The number of amides is 1. The average Bonchev–Trinajstić information content (AvgIpc) is 2.01. The van der Waals surface area contributed by atoms with Gasteiger partial charge in [0, 0.05) is 21.4 Å². The Bertz CT molecular complexity index is 359. The summed E-state index contributed by atoms with van der Waals surface area (Å²) in [6.45, 7) is 1.67. The van der Waals surface area contributed by atoms with Gasteiger partial charge in [0.15, 0.2) is 0 Å². The molecule has 1 heterocycles. The van der Waals surface area contributed by atoms with Gasteiger partial charge >= 0.3 is 6.09 Å². The molecule has 0 radical (unpaired) electrons. The topological polar surface area (TPSA) is 62.2 Å². The molecule has 1 atom stereocenters. The molecular weight excluding hydrogens is 302 g/mol. The maximum atomic E-state index is 12.6. The smallest absolute Gasteiger partial charge is 0.405 e. The standard InChI is InChI=1S/C8H8FIN2O2/c1-4(12-8(13)14)5-3-11-7(9)2-6(5)10/h2-4,12H,1H3,(H,13,14). The lowest BCUT2D eigenvalue weighted by molar-refractivity contribution is 0.191. The number of pyridine rings is 1. The minimum absolute atomic E-state index is 0.396. The predicted octanol–water partition coefficient (Wildman–Crippen LogP) is 2.15. The number of halogens is 2. The molecule has 0 aliphatic carbocycles. The lowest BCUT2D eigenvalue weighted by Gasteiger charge is -2.12. The van der Waals surface area contributed by atoms with Crippen molar-refractivity contribution in [2.24, 2.45) is 0 Å². The summed E-state index contributed by atoms with van der Waals surface area (Å²) in [6, 6.07) is 0.864. The van der Waals surface area contributed by atoms with Crippen LogP contribution in [0.1, 0.15) is 18.5 Å². The van der Waals surface area contributed by atoms with Gasteiger partial charge in [0.1, 0.15) is 0 Å². The van der Waals surface area contributed by atoms with E-state index < -0.39 is 18.1 Å². The number of rotatable bonds is 2. The summed E-state index contributed by atoms with van der Waals surface area (Å²) >= 11 is 1.94. The van der Waals surface area contributed by atoms with Gasteiger partial charge in [-0.2, -0.15) is 4.39 Å². The molecule has 0 aliphatic heterocycles. The van der Waals surface area contributed by atoms with Crippen LogP contribution in [0.15, 0.2) is 12.3 Å². The third-order valence-electron chi connectivity index (χ3n) is 1.66. The van der Waals surface area contributed by atoms with E-state index in [4.69, 9.17) is 5.11 Å². The third-order valence-corrected chi connectivity index (χ3v) is 2.59. The quantitative estimate of drug-likeness (QED) is 0.650. The van der Waals surface area contributed by atoms with Crippen LogP contribution in [0.4, 0.5) is 9.18 Å². The van der Waals surface area contributed by atoms with Crippen molar-refractivity contribution >= 4 is 28.7 Å². The third kappa shape index (κ3) is 2.79. The first-order chi connectivity index (χ1) is 6.50. The Labute approximate surface area is 93.7 Å². The second-order valence-corrected chi connectivity index (χ2v) is 3.86. The number of aromatic nitrogens is 1. The van der Waals surface area contributed by atoms with Crippen molar-refractivity contribution in [3.8, 4) is 0 Å². The number of carbonyl (C=O) groups is 1. The molecule has 1 rings (SSSR count). The zero-order valence-corrected chi connectivity index (χ0v) is 9.45. The fourth-order valence-electron chi connectivity index (χ4n) is 1.000. The van der Waals surface area contributed by atoms with Crippen molar-refractivity contribution in [3.63, 3.8) is 0 Å². The van der Waals surface area contributed by atoms with Crippen LogP contribution in [0, 0.1) is 9.52 Å². The fraction of sp³-hybridized carbons (Fsp3) is 0.250. The summed E-state index contributed by atoms with van der Waals surface area (Å²) in [4.78, 5) is 13.8. The van der Waals surface area contributed by atoms with E-state index >= 15 is 0 Å². The van der Waals surface area contributed by atoms with E-state index in [0.29, 0.717) is 9.13 Å². The predicted molar refractivity (Wildman–Crippen MR) is 56.5 cm³/mol. The van der Waals surface area contributed by atoms with Gasteiger partial charge in [-0.3, -0.25) is 0 Å². The molecule has 76 valence electrons. The molecule has 0 bridgehead atoms. The summed E-state index contributed by atoms with van der Waals surface area (Å²) in [5.41, 5.74) is 0.661. The minimum Gasteiger partial charge on any atom is -0.465 e. The number of hydrogen-bond donors (Lipinski definition) is 2. The summed E-state index contributed by atoms with van der Waals surface area (Å²) in [5.74, 6) is -0.569. The Hall–Kier alpha value is -0.920. The summed E-state index contributed by atoms with van der Waals surface area (Å²) in [7, 11) is 0. The largest absolute Gasteiger partial charge is 0.465 e. The van der Waals surface area contributed by atoms with E-state index in [1.54, 1.807) is 6.92 Å². The first-order valence-corrected chi connectivity index (χ1v) is 4.89. The maximum absolute atomic E-state index is 12.6. The molecule has 14 heavy (non-hydrogen) atoms. The van der Waals surface area contributed by atoms with Crippen LogP contribution >= 0.6 is 22.6 Å². The van der Waals surface area contributed by atoms with Crippen LogP contribution in [0.25, 0.3) is 0 Å². The van der Waals surface area contributed by atoms with Crippen LogP contribution < -0.4 is 5.32 Å². The van der Waals surface area contributed by atoms with Crippen LogP contribution in [-0.4, -0.2) is 16.2 Å². The van der Waals surface area contributed by atoms with Crippen molar-refractivity contribution in [1.29, 1.82) is 0 Å². The molecule has 1 aromatic rings. The van der Waals surface area contributed by atoms with E-state index in [9.17, 15) is 9.18 Å². The highest BCUT2D eigenvalue weighted by Crippen LogP contribution is 2.19. The molecule has 0 spiro atoms. The van der Waals surface area contributed by atoms with E-state index in [1.807, 2.05) is 22.6 Å². The summed E-state index contributed by atoms with van der Waals surface area (Å²) in [6.07, 6.45) is 0.218. The highest BCUT2D eigenvalue weighted by Gasteiger charge is 2.12. The molecular formula is C8H8FIN2O2. The van der Waals surface area contributed by atoms with Crippen molar-refractivity contribution in [2.75, 3.05) is 0 Å². The lowest BCUT2D eigenvalue weighted by atomic mass is 10.1. The molecule has 4 nitrogen and oxygen atoms in total. The van der Waals surface area contributed by atoms with E-state index in [0.717, 1.165) is 0 Å². The zero-order chi connectivity index (χ0) is 10.7. The first-order valence-electron chi connectivity index (χ1n) is 3.81. The van der Waals surface area contributed by atoms with E-state index in [2.05, 4.69) is 10.3 Å². The molecule has 6 heteroatoms. The second kappa shape index (κ2) is 4.54. The Morgan fingerprint density at radius 2 is 2.43 bits per heavy atom. The molecule has 1 amide bonds. The average molecular weight is 310 g/mol. The SMILES string of the molecule is CC(NC(=O)O)c1cnc(F)cc1I. The van der Waals surface area contributed by atoms with Crippen LogP contribution in [0.3, 0.4) is 0 Å². The molecule has 2 N–H and O–H groups in total. The lowest BCUT2D eigenvalue weighted by Crippen LogP contribution is -2.25. The molecule has 0 aliphatic rings. The van der Waals surface area contributed by atoms with Gasteiger partial charge in [0.2, 0.25) is 5.95 Å². The molecule has 1 unspecified atom stereocenters. The molecule has 0 aromatic carbocycles. The van der Waals surface area contributed by atoms with E-state index in [-0.39, 0.29) is 0 Å². The first kappa shape index (κ1) is 11.2. The molecule has 0 fully saturated rings. The minimum atomic E-state index is -1.11. The zero-order valence-electron chi connectivity index (χ0n) is 7.29. The van der Waals surface area contributed by atoms with E-state index in [1.165, 1.54) is 12.3 Å². The monoisotopic (exact) mass is 310 g/mol.